The first-order valence-corrected chi connectivity index (χ1v) is 8.75. The van der Waals surface area contributed by atoms with E-state index in [0.717, 1.165) is 38.8 Å². The molecule has 0 saturated heterocycles. The van der Waals surface area contributed by atoms with E-state index in [1.165, 1.54) is 34.9 Å². The van der Waals surface area contributed by atoms with Gasteiger partial charge in [-0.05, 0) is 43.0 Å². The molecule has 1 saturated carbocycles. The zero-order chi connectivity index (χ0) is 15.1. The molecule has 3 nitrogen and oxygen atoms in total. The molecule has 0 amide bonds. The van der Waals surface area contributed by atoms with E-state index >= 15 is 0 Å². The van der Waals surface area contributed by atoms with Crippen molar-refractivity contribution in [1.82, 2.24) is 10.2 Å². The first-order chi connectivity index (χ1) is 10.2. The molecule has 1 aliphatic rings. The molecule has 0 aliphatic heterocycles. The van der Waals surface area contributed by atoms with E-state index in [-0.39, 0.29) is 0 Å². The number of rotatable bonds is 10. The van der Waals surface area contributed by atoms with Gasteiger partial charge in [-0.2, -0.15) is 0 Å². The number of ether oxygens (including phenoxy) is 1. The fourth-order valence-electron chi connectivity index (χ4n) is 2.50. The van der Waals surface area contributed by atoms with Crippen LogP contribution < -0.4 is 5.32 Å². The van der Waals surface area contributed by atoms with Crippen LogP contribution in [0.25, 0.3) is 0 Å². The maximum atomic E-state index is 5.23. The van der Waals surface area contributed by atoms with Crippen LogP contribution in [-0.2, 0) is 17.8 Å². The molecule has 21 heavy (non-hydrogen) atoms. The summed E-state index contributed by atoms with van der Waals surface area (Å²) in [6.07, 6.45) is 3.84. The van der Waals surface area contributed by atoms with E-state index in [2.05, 4.69) is 51.3 Å². The predicted octanol–water partition coefficient (Wildman–Crippen LogP) is 3.56. The molecule has 1 aromatic rings. The van der Waals surface area contributed by atoms with Crippen LogP contribution in [0.3, 0.4) is 0 Å². The lowest BCUT2D eigenvalue weighted by molar-refractivity contribution is 0.139. The molecule has 1 aromatic carbocycles. The van der Waals surface area contributed by atoms with Crippen molar-refractivity contribution in [2.75, 3.05) is 26.8 Å². The molecule has 0 spiro atoms. The monoisotopic (exact) mass is 354 g/mol. The smallest absolute Gasteiger partial charge is 0.0589 e. The highest BCUT2D eigenvalue weighted by Crippen LogP contribution is 2.29. The average Bonchev–Trinajstić information content (AvgIpc) is 3.30. The zero-order valence-corrected chi connectivity index (χ0v) is 14.8. The van der Waals surface area contributed by atoms with Crippen LogP contribution in [0.5, 0.6) is 0 Å². The molecule has 1 aliphatic carbocycles. The van der Waals surface area contributed by atoms with Crippen LogP contribution in [0.2, 0.25) is 0 Å². The number of benzene rings is 1. The second kappa shape index (κ2) is 8.89. The highest BCUT2D eigenvalue weighted by atomic mass is 79.9. The maximum absolute atomic E-state index is 5.23. The fraction of sp³-hybridized carbons (Fsp3) is 0.647. The van der Waals surface area contributed by atoms with Crippen molar-refractivity contribution in [3.63, 3.8) is 0 Å². The number of nitrogens with zero attached hydrogens (tertiary/aromatic N) is 1. The van der Waals surface area contributed by atoms with E-state index in [0.29, 0.717) is 0 Å². The second-order valence-corrected chi connectivity index (χ2v) is 6.65. The molecule has 0 bridgehead atoms. The minimum atomic E-state index is 0.762. The minimum Gasteiger partial charge on any atom is -0.383 e. The predicted molar refractivity (Wildman–Crippen MR) is 91.4 cm³/mol. The topological polar surface area (TPSA) is 24.5 Å². The Morgan fingerprint density at radius 2 is 2.19 bits per heavy atom. The summed E-state index contributed by atoms with van der Waals surface area (Å²) < 4.78 is 6.45. The number of hydrogen-bond donors (Lipinski definition) is 1. The Hall–Kier alpha value is -0.420. The molecule has 0 atom stereocenters. The van der Waals surface area contributed by atoms with Gasteiger partial charge >= 0.3 is 0 Å². The normalized spacial score (nSPS) is 14.9. The summed E-state index contributed by atoms with van der Waals surface area (Å²) in [7, 11) is 1.78. The van der Waals surface area contributed by atoms with Crippen LogP contribution in [0.4, 0.5) is 0 Å². The second-order valence-electron chi connectivity index (χ2n) is 5.80. The summed E-state index contributed by atoms with van der Waals surface area (Å²) in [5, 5.41) is 3.45. The van der Waals surface area contributed by atoms with Crippen molar-refractivity contribution >= 4 is 15.9 Å². The van der Waals surface area contributed by atoms with Crippen molar-refractivity contribution < 1.29 is 4.74 Å². The van der Waals surface area contributed by atoms with Gasteiger partial charge in [0.15, 0.2) is 0 Å². The van der Waals surface area contributed by atoms with Crippen LogP contribution in [0.15, 0.2) is 22.7 Å². The van der Waals surface area contributed by atoms with Gasteiger partial charge in [-0.3, -0.25) is 4.90 Å². The van der Waals surface area contributed by atoms with Crippen molar-refractivity contribution in [3.8, 4) is 0 Å². The molecule has 0 radical (unpaired) electrons. The highest BCUT2D eigenvalue weighted by molar-refractivity contribution is 9.10. The Bertz CT molecular complexity index is 435. The van der Waals surface area contributed by atoms with E-state index < -0.39 is 0 Å². The third-order valence-electron chi connectivity index (χ3n) is 3.89. The van der Waals surface area contributed by atoms with E-state index in [1.807, 2.05) is 0 Å². The minimum absolute atomic E-state index is 0.762. The van der Waals surface area contributed by atoms with Crippen molar-refractivity contribution in [2.24, 2.45) is 0 Å². The van der Waals surface area contributed by atoms with Gasteiger partial charge in [-0.25, -0.2) is 0 Å². The average molecular weight is 355 g/mol. The van der Waals surface area contributed by atoms with Gasteiger partial charge in [-0.15, -0.1) is 0 Å². The number of methoxy groups -OCH3 is 1. The Kier molecular flexibility index (Phi) is 7.17. The van der Waals surface area contributed by atoms with Gasteiger partial charge in [0.25, 0.3) is 0 Å². The lowest BCUT2D eigenvalue weighted by atomic mass is 10.1. The third kappa shape index (κ3) is 5.70. The van der Waals surface area contributed by atoms with Gasteiger partial charge in [0, 0.05) is 37.3 Å². The summed E-state index contributed by atoms with van der Waals surface area (Å²) >= 11 is 3.74. The molecule has 2 rings (SSSR count). The SMILES string of the molecule is CCCNCc1ccc(CN(CCOC)C2CC2)c(Br)c1. The molecule has 4 heteroatoms. The summed E-state index contributed by atoms with van der Waals surface area (Å²) in [6, 6.07) is 7.51. The molecule has 0 aromatic heterocycles. The lowest BCUT2D eigenvalue weighted by Crippen LogP contribution is -2.29. The summed E-state index contributed by atoms with van der Waals surface area (Å²) in [6.45, 7) is 7.06. The summed E-state index contributed by atoms with van der Waals surface area (Å²) in [4.78, 5) is 2.54. The quantitative estimate of drug-likeness (QED) is 0.650. The molecular weight excluding hydrogens is 328 g/mol. The molecule has 0 unspecified atom stereocenters. The van der Waals surface area contributed by atoms with Crippen molar-refractivity contribution in [1.29, 1.82) is 0 Å². The Morgan fingerprint density at radius 3 is 2.81 bits per heavy atom. The standard InChI is InChI=1S/C17H27BrN2O/c1-3-8-19-12-14-4-5-15(17(18)11-14)13-20(9-10-21-2)16-6-7-16/h4-5,11,16,19H,3,6-10,12-13H2,1-2H3. The van der Waals surface area contributed by atoms with Gasteiger partial charge < -0.3 is 10.1 Å². The first kappa shape index (κ1) is 16.9. The van der Waals surface area contributed by atoms with E-state index in [4.69, 9.17) is 4.74 Å². The first-order valence-electron chi connectivity index (χ1n) is 7.95. The molecule has 0 heterocycles. The van der Waals surface area contributed by atoms with Gasteiger partial charge in [0.05, 0.1) is 6.61 Å². The van der Waals surface area contributed by atoms with Gasteiger partial charge in [-0.1, -0.05) is 35.0 Å². The number of hydrogen-bond acceptors (Lipinski definition) is 3. The van der Waals surface area contributed by atoms with E-state index in [1.54, 1.807) is 7.11 Å². The Morgan fingerprint density at radius 1 is 1.38 bits per heavy atom. The fourth-order valence-corrected chi connectivity index (χ4v) is 3.05. The van der Waals surface area contributed by atoms with Gasteiger partial charge in [0.2, 0.25) is 0 Å². The number of halogens is 1. The van der Waals surface area contributed by atoms with Crippen molar-refractivity contribution in [3.05, 3.63) is 33.8 Å². The van der Waals surface area contributed by atoms with Crippen LogP contribution >= 0.6 is 15.9 Å². The molecule has 118 valence electrons. The van der Waals surface area contributed by atoms with E-state index in [9.17, 15) is 0 Å². The third-order valence-corrected chi connectivity index (χ3v) is 4.63. The van der Waals surface area contributed by atoms with Crippen LogP contribution in [-0.4, -0.2) is 37.7 Å². The van der Waals surface area contributed by atoms with Gasteiger partial charge in [0.1, 0.15) is 0 Å². The zero-order valence-electron chi connectivity index (χ0n) is 13.2. The Balaban J connectivity index is 1.92. The van der Waals surface area contributed by atoms with Crippen molar-refractivity contribution in [2.45, 2.75) is 45.3 Å². The molecular formula is C17H27BrN2O. The Labute approximate surface area is 137 Å². The van der Waals surface area contributed by atoms with Crippen LogP contribution in [0, 0.1) is 0 Å². The summed E-state index contributed by atoms with van der Waals surface area (Å²) in [5.74, 6) is 0. The highest BCUT2D eigenvalue weighted by Gasteiger charge is 2.28. The summed E-state index contributed by atoms with van der Waals surface area (Å²) in [5.41, 5.74) is 2.71. The number of nitrogens with one attached hydrogen (secondary N) is 1. The maximum Gasteiger partial charge on any atom is 0.0589 e. The largest absolute Gasteiger partial charge is 0.383 e. The van der Waals surface area contributed by atoms with Crippen LogP contribution in [0.1, 0.15) is 37.3 Å². The lowest BCUT2D eigenvalue weighted by Gasteiger charge is -2.22. The molecule has 1 fully saturated rings. The molecule has 1 N–H and O–H groups in total.